The van der Waals surface area contributed by atoms with Gasteiger partial charge in [-0.2, -0.15) is 5.26 Å². The van der Waals surface area contributed by atoms with Gasteiger partial charge in [0.05, 0.1) is 9.86 Å². The quantitative estimate of drug-likeness (QED) is 0.924. The summed E-state index contributed by atoms with van der Waals surface area (Å²) in [4.78, 5) is 1.03. The summed E-state index contributed by atoms with van der Waals surface area (Å²) < 4.78 is 2.03. The molecule has 1 N–H and O–H groups in total. The Morgan fingerprint density at radius 3 is 2.77 bits per heavy atom. The fraction of sp³-hybridized carbons (Fsp3) is 0.375. The Hall–Kier alpha value is 0.110. The molecule has 0 bridgehead atoms. The molecule has 0 amide bonds. The zero-order chi connectivity index (χ0) is 9.84. The second-order valence-corrected chi connectivity index (χ2v) is 5.65. The second kappa shape index (κ2) is 5.11. The molecule has 0 aliphatic rings. The van der Waals surface area contributed by atoms with Gasteiger partial charge in [0.2, 0.25) is 0 Å². The van der Waals surface area contributed by atoms with Gasteiger partial charge in [0.1, 0.15) is 6.04 Å². The van der Waals surface area contributed by atoms with E-state index in [1.165, 1.54) is 0 Å². The number of nitrogens with zero attached hydrogens (tertiary/aromatic N) is 1. The summed E-state index contributed by atoms with van der Waals surface area (Å²) in [6, 6.07) is 3.98. The number of hydrogen-bond donors (Lipinski definition) is 1. The molecule has 2 nitrogen and oxygen atoms in total. The average molecular weight is 324 g/mol. The molecule has 1 atom stereocenters. The van der Waals surface area contributed by atoms with E-state index < -0.39 is 0 Å². The molecule has 13 heavy (non-hydrogen) atoms. The van der Waals surface area contributed by atoms with E-state index in [-0.39, 0.29) is 6.04 Å². The maximum atomic E-state index is 8.87. The average Bonchev–Trinajstić information content (AvgIpc) is 2.43. The molecule has 0 aromatic carbocycles. The van der Waals surface area contributed by atoms with Crippen LogP contribution in [0.15, 0.2) is 14.3 Å². The third-order valence-electron chi connectivity index (χ3n) is 1.49. The van der Waals surface area contributed by atoms with Gasteiger partial charge in [-0.1, -0.05) is 6.92 Å². The zero-order valence-electron chi connectivity index (χ0n) is 6.97. The Bertz CT molecular complexity index is 310. The first kappa shape index (κ1) is 11.2. The number of halogens is 2. The van der Waals surface area contributed by atoms with Crippen molar-refractivity contribution >= 4 is 43.2 Å². The van der Waals surface area contributed by atoms with Crippen LogP contribution in [0.3, 0.4) is 0 Å². The Morgan fingerprint density at radius 2 is 2.38 bits per heavy atom. The Morgan fingerprint density at radius 1 is 1.69 bits per heavy atom. The molecule has 70 valence electrons. The minimum absolute atomic E-state index is 0.197. The van der Waals surface area contributed by atoms with Gasteiger partial charge in [-0.3, -0.25) is 5.32 Å². The van der Waals surface area contributed by atoms with Crippen LogP contribution < -0.4 is 5.32 Å². The monoisotopic (exact) mass is 322 g/mol. The standard InChI is InChI=1S/C8H8Br2N2S/c1-2-12-6(4-11)7-3-5(9)8(10)13-7/h3,6,12H,2H2,1H3. The van der Waals surface area contributed by atoms with Gasteiger partial charge in [0.15, 0.2) is 0 Å². The van der Waals surface area contributed by atoms with Crippen LogP contribution in [0.2, 0.25) is 0 Å². The molecule has 1 aromatic rings. The van der Waals surface area contributed by atoms with Crippen molar-refractivity contribution in [2.45, 2.75) is 13.0 Å². The highest BCUT2D eigenvalue weighted by Gasteiger charge is 2.13. The molecule has 1 aromatic heterocycles. The van der Waals surface area contributed by atoms with Crippen LogP contribution in [0.4, 0.5) is 0 Å². The molecule has 5 heteroatoms. The van der Waals surface area contributed by atoms with E-state index in [4.69, 9.17) is 5.26 Å². The minimum atomic E-state index is -0.197. The highest BCUT2D eigenvalue weighted by Crippen LogP contribution is 2.35. The van der Waals surface area contributed by atoms with Crippen LogP contribution in [-0.4, -0.2) is 6.54 Å². The molecule has 0 radical (unpaired) electrons. The molecule has 1 heterocycles. The minimum Gasteiger partial charge on any atom is -0.298 e. The molecule has 0 saturated carbocycles. The third kappa shape index (κ3) is 2.78. The van der Waals surface area contributed by atoms with Crippen molar-refractivity contribution in [3.8, 4) is 6.07 Å². The maximum Gasteiger partial charge on any atom is 0.130 e. The lowest BCUT2D eigenvalue weighted by molar-refractivity contribution is 0.667. The van der Waals surface area contributed by atoms with Gasteiger partial charge in [-0.05, 0) is 44.5 Å². The van der Waals surface area contributed by atoms with Crippen molar-refractivity contribution in [1.82, 2.24) is 5.32 Å². The van der Waals surface area contributed by atoms with Crippen molar-refractivity contribution in [1.29, 1.82) is 5.26 Å². The van der Waals surface area contributed by atoms with Crippen LogP contribution >= 0.6 is 43.2 Å². The first-order valence-electron chi connectivity index (χ1n) is 3.76. The number of nitrogens with one attached hydrogen (secondary N) is 1. The summed E-state index contributed by atoms with van der Waals surface area (Å²) >= 11 is 8.36. The highest BCUT2D eigenvalue weighted by molar-refractivity contribution is 9.13. The van der Waals surface area contributed by atoms with Crippen molar-refractivity contribution < 1.29 is 0 Å². The van der Waals surface area contributed by atoms with E-state index in [9.17, 15) is 0 Å². The Labute approximate surface area is 98.2 Å². The first-order chi connectivity index (χ1) is 6.19. The predicted octanol–water partition coefficient (Wildman–Crippen LogP) is 3.45. The number of nitriles is 1. The molecule has 0 aliphatic carbocycles. The predicted molar refractivity (Wildman–Crippen MR) is 61.7 cm³/mol. The lowest BCUT2D eigenvalue weighted by Gasteiger charge is -2.05. The normalized spacial score (nSPS) is 12.5. The first-order valence-corrected chi connectivity index (χ1v) is 6.17. The van der Waals surface area contributed by atoms with Gasteiger partial charge in [0, 0.05) is 9.35 Å². The van der Waals surface area contributed by atoms with E-state index in [0.29, 0.717) is 0 Å². The largest absolute Gasteiger partial charge is 0.298 e. The molecule has 0 aliphatic heterocycles. The van der Waals surface area contributed by atoms with E-state index in [2.05, 4.69) is 43.2 Å². The smallest absolute Gasteiger partial charge is 0.130 e. The molecule has 0 fully saturated rings. The van der Waals surface area contributed by atoms with Crippen molar-refractivity contribution in [2.75, 3.05) is 6.54 Å². The summed E-state index contributed by atoms with van der Waals surface area (Å²) in [6.07, 6.45) is 0. The molecular weight excluding hydrogens is 316 g/mol. The molecule has 0 spiro atoms. The number of rotatable bonds is 3. The fourth-order valence-electron chi connectivity index (χ4n) is 0.920. The van der Waals surface area contributed by atoms with Crippen LogP contribution in [0.1, 0.15) is 17.8 Å². The Kier molecular flexibility index (Phi) is 4.39. The lowest BCUT2D eigenvalue weighted by Crippen LogP contribution is -2.17. The van der Waals surface area contributed by atoms with Crippen molar-refractivity contribution in [3.05, 3.63) is 19.2 Å². The molecular formula is C8H8Br2N2S. The van der Waals surface area contributed by atoms with Crippen LogP contribution in [0, 0.1) is 11.3 Å². The second-order valence-electron chi connectivity index (χ2n) is 2.39. The van der Waals surface area contributed by atoms with Gasteiger partial charge in [-0.15, -0.1) is 11.3 Å². The van der Waals surface area contributed by atoms with E-state index in [0.717, 1.165) is 19.7 Å². The van der Waals surface area contributed by atoms with Crippen molar-refractivity contribution in [3.63, 3.8) is 0 Å². The lowest BCUT2D eigenvalue weighted by atomic mass is 10.3. The maximum absolute atomic E-state index is 8.87. The fourth-order valence-corrected chi connectivity index (χ4v) is 3.03. The van der Waals surface area contributed by atoms with Gasteiger partial charge in [-0.25, -0.2) is 0 Å². The van der Waals surface area contributed by atoms with Crippen LogP contribution in [-0.2, 0) is 0 Å². The summed E-state index contributed by atoms with van der Waals surface area (Å²) in [6.45, 7) is 2.79. The van der Waals surface area contributed by atoms with E-state index >= 15 is 0 Å². The van der Waals surface area contributed by atoms with Gasteiger partial charge < -0.3 is 0 Å². The number of hydrogen-bond acceptors (Lipinski definition) is 3. The van der Waals surface area contributed by atoms with Gasteiger partial charge in [0.25, 0.3) is 0 Å². The van der Waals surface area contributed by atoms with Crippen molar-refractivity contribution in [2.24, 2.45) is 0 Å². The van der Waals surface area contributed by atoms with Crippen LogP contribution in [0.5, 0.6) is 0 Å². The Balaban J connectivity index is 2.87. The topological polar surface area (TPSA) is 35.8 Å². The van der Waals surface area contributed by atoms with E-state index in [1.54, 1.807) is 11.3 Å². The molecule has 1 rings (SSSR count). The van der Waals surface area contributed by atoms with E-state index in [1.807, 2.05) is 13.0 Å². The summed E-state index contributed by atoms with van der Waals surface area (Å²) in [5.41, 5.74) is 0. The summed E-state index contributed by atoms with van der Waals surface area (Å²) in [5, 5.41) is 12.0. The number of thiophene rings is 1. The molecule has 1 unspecified atom stereocenters. The summed E-state index contributed by atoms with van der Waals surface area (Å²) in [7, 11) is 0. The highest BCUT2D eigenvalue weighted by atomic mass is 79.9. The zero-order valence-corrected chi connectivity index (χ0v) is 11.0. The molecule has 0 saturated heterocycles. The summed E-state index contributed by atoms with van der Waals surface area (Å²) in [5.74, 6) is 0. The SMILES string of the molecule is CCNC(C#N)c1cc(Br)c(Br)s1. The van der Waals surface area contributed by atoms with Gasteiger partial charge >= 0.3 is 0 Å². The third-order valence-corrected chi connectivity index (χ3v) is 4.81. The van der Waals surface area contributed by atoms with Crippen LogP contribution in [0.25, 0.3) is 0 Å².